The van der Waals surface area contributed by atoms with Crippen LogP contribution in [0.1, 0.15) is 47.2 Å². The molecule has 0 saturated carbocycles. The molecule has 284 valence electrons. The number of thiophene rings is 1. The van der Waals surface area contributed by atoms with E-state index in [1.54, 1.807) is 0 Å². The van der Waals surface area contributed by atoms with E-state index in [0.29, 0.717) is 0 Å². The van der Waals surface area contributed by atoms with Gasteiger partial charge in [-0.25, -0.2) is 0 Å². The number of hydrogen-bond donors (Lipinski definition) is 0. The Bertz CT molecular complexity index is 3260. The molecule has 0 radical (unpaired) electrons. The molecule has 2 aliphatic carbocycles. The molecule has 0 N–H and O–H groups in total. The van der Waals surface area contributed by atoms with Crippen molar-refractivity contribution in [1.82, 2.24) is 0 Å². The molecule has 0 bridgehead atoms. The molecule has 2 aliphatic rings. The third-order valence-electron chi connectivity index (χ3n) is 13.3. The highest BCUT2D eigenvalue weighted by molar-refractivity contribution is 7.25. The van der Waals surface area contributed by atoms with Crippen molar-refractivity contribution in [2.24, 2.45) is 0 Å². The summed E-state index contributed by atoms with van der Waals surface area (Å²) in [6.07, 6.45) is 0. The van der Waals surface area contributed by atoms with Crippen LogP contribution in [0.4, 0.5) is 17.1 Å². The second-order valence-corrected chi connectivity index (χ2v) is 17.9. The molecule has 9 aromatic carbocycles. The van der Waals surface area contributed by atoms with Gasteiger partial charge in [-0.15, -0.1) is 11.3 Å². The van der Waals surface area contributed by atoms with Crippen molar-refractivity contribution in [1.29, 1.82) is 0 Å². The summed E-state index contributed by atoms with van der Waals surface area (Å²) in [5.74, 6) is 0. The Kier molecular flexibility index (Phi) is 7.73. The summed E-state index contributed by atoms with van der Waals surface area (Å²) in [5.41, 5.74) is 18.3. The zero-order valence-corrected chi connectivity index (χ0v) is 34.4. The predicted molar refractivity (Wildman–Crippen MR) is 254 cm³/mol. The fourth-order valence-corrected chi connectivity index (χ4v) is 11.7. The summed E-state index contributed by atoms with van der Waals surface area (Å²) >= 11 is 1.87. The smallest absolute Gasteiger partial charge is 0.0713 e. The lowest BCUT2D eigenvalue weighted by Crippen LogP contribution is -2.28. The summed E-state index contributed by atoms with van der Waals surface area (Å²) in [6.45, 7) is 4.74. The quantitative estimate of drug-likeness (QED) is 0.162. The molecule has 0 unspecified atom stereocenters. The molecule has 0 atom stereocenters. The van der Waals surface area contributed by atoms with Gasteiger partial charge in [0.25, 0.3) is 0 Å². The van der Waals surface area contributed by atoms with E-state index in [4.69, 9.17) is 0 Å². The summed E-state index contributed by atoms with van der Waals surface area (Å²) in [7, 11) is 0. The standard InChI is InChI=1S/C58H41NS/c1-57(2)51-25-12-9-22-45(51)47-31-29-44(37-54(47)57)59(42-21-15-16-38(34-42)39-28-33-56-50(35-39)48-24-11-14-27-55(48)60-56)43-30-32-53-49(36-43)46-23-10-13-26-52(46)58(53,40-17-5-3-6-18-40)41-19-7-4-8-20-41/h3-37H,1-2H3. The van der Waals surface area contributed by atoms with E-state index in [1.807, 2.05) is 11.3 Å². The van der Waals surface area contributed by atoms with E-state index in [-0.39, 0.29) is 5.41 Å². The molecular weight excluding hydrogens is 743 g/mol. The molecule has 0 spiro atoms. The third kappa shape index (κ3) is 5.04. The van der Waals surface area contributed by atoms with Crippen LogP contribution in [0, 0.1) is 0 Å². The molecular formula is C58H41NS. The molecule has 0 fully saturated rings. The zero-order valence-electron chi connectivity index (χ0n) is 33.6. The molecule has 12 rings (SSSR count). The first-order valence-corrected chi connectivity index (χ1v) is 21.7. The molecule has 0 aliphatic heterocycles. The van der Waals surface area contributed by atoms with Crippen LogP contribution in [0.5, 0.6) is 0 Å². The van der Waals surface area contributed by atoms with Crippen molar-refractivity contribution in [3.05, 3.63) is 246 Å². The van der Waals surface area contributed by atoms with Crippen molar-refractivity contribution in [3.8, 4) is 33.4 Å². The predicted octanol–water partition coefficient (Wildman–Crippen LogP) is 15.9. The minimum absolute atomic E-state index is 0.129. The Balaban J connectivity index is 1.08. The Hall–Kier alpha value is -7.00. The molecule has 0 amide bonds. The van der Waals surface area contributed by atoms with Crippen LogP contribution in [0.3, 0.4) is 0 Å². The molecule has 1 nitrogen and oxygen atoms in total. The lowest BCUT2D eigenvalue weighted by Gasteiger charge is -2.34. The van der Waals surface area contributed by atoms with Gasteiger partial charge in [-0.2, -0.15) is 0 Å². The van der Waals surface area contributed by atoms with E-state index >= 15 is 0 Å². The molecule has 1 heterocycles. The number of anilines is 3. The Morgan fingerprint density at radius 1 is 0.350 bits per heavy atom. The monoisotopic (exact) mass is 783 g/mol. The highest BCUT2D eigenvalue weighted by Crippen LogP contribution is 2.58. The van der Waals surface area contributed by atoms with Crippen LogP contribution in [-0.4, -0.2) is 0 Å². The Labute approximate surface area is 355 Å². The van der Waals surface area contributed by atoms with Gasteiger partial charge in [0.1, 0.15) is 0 Å². The van der Waals surface area contributed by atoms with Gasteiger partial charge in [-0.3, -0.25) is 0 Å². The van der Waals surface area contributed by atoms with Gasteiger partial charge in [0.2, 0.25) is 0 Å². The van der Waals surface area contributed by atoms with E-state index in [2.05, 4.69) is 231 Å². The number of rotatable bonds is 6. The van der Waals surface area contributed by atoms with Crippen LogP contribution in [0.15, 0.2) is 212 Å². The van der Waals surface area contributed by atoms with E-state index in [1.165, 1.54) is 86.9 Å². The molecule has 60 heavy (non-hydrogen) atoms. The van der Waals surface area contributed by atoms with Crippen LogP contribution in [-0.2, 0) is 10.8 Å². The second-order valence-electron chi connectivity index (χ2n) is 16.9. The second kappa shape index (κ2) is 13.3. The summed E-state index contributed by atoms with van der Waals surface area (Å²) in [4.78, 5) is 2.48. The first-order valence-electron chi connectivity index (χ1n) is 20.9. The highest BCUT2D eigenvalue weighted by Gasteiger charge is 2.46. The van der Waals surface area contributed by atoms with E-state index in [9.17, 15) is 0 Å². The first kappa shape index (κ1) is 35.0. The highest BCUT2D eigenvalue weighted by atomic mass is 32.1. The fourth-order valence-electron chi connectivity index (χ4n) is 10.6. The molecule has 10 aromatic rings. The van der Waals surface area contributed by atoms with Gasteiger partial charge >= 0.3 is 0 Å². The average Bonchev–Trinajstić information content (AvgIpc) is 3.90. The molecule has 0 saturated heterocycles. The van der Waals surface area contributed by atoms with Gasteiger partial charge in [0, 0.05) is 42.6 Å². The molecule has 1 aromatic heterocycles. The largest absolute Gasteiger partial charge is 0.310 e. The summed E-state index contributed by atoms with van der Waals surface area (Å²) in [5, 5.41) is 2.63. The van der Waals surface area contributed by atoms with Gasteiger partial charge in [-0.1, -0.05) is 172 Å². The van der Waals surface area contributed by atoms with Gasteiger partial charge < -0.3 is 4.90 Å². The van der Waals surface area contributed by atoms with Gasteiger partial charge in [-0.05, 0) is 121 Å². The van der Waals surface area contributed by atoms with Gasteiger partial charge in [0.05, 0.1) is 5.41 Å². The maximum atomic E-state index is 2.48. The summed E-state index contributed by atoms with van der Waals surface area (Å²) < 4.78 is 2.65. The maximum Gasteiger partial charge on any atom is 0.0713 e. The lowest BCUT2D eigenvalue weighted by atomic mass is 9.68. The van der Waals surface area contributed by atoms with Crippen molar-refractivity contribution < 1.29 is 0 Å². The SMILES string of the molecule is CC1(C)c2ccccc2-c2ccc(N(c3cccc(-c4ccc5sc6ccccc6c5c4)c3)c3ccc4c(c3)-c3ccccc3C4(c3ccccc3)c3ccccc3)cc21. The Morgan fingerprint density at radius 2 is 0.917 bits per heavy atom. The van der Waals surface area contributed by atoms with Crippen molar-refractivity contribution >= 4 is 48.6 Å². The third-order valence-corrected chi connectivity index (χ3v) is 14.5. The van der Waals surface area contributed by atoms with Crippen molar-refractivity contribution in [3.63, 3.8) is 0 Å². The number of benzene rings is 9. The number of nitrogens with zero attached hydrogens (tertiary/aromatic N) is 1. The first-order chi connectivity index (χ1) is 29.5. The van der Waals surface area contributed by atoms with Crippen LogP contribution in [0.2, 0.25) is 0 Å². The van der Waals surface area contributed by atoms with Crippen LogP contribution >= 0.6 is 11.3 Å². The van der Waals surface area contributed by atoms with Gasteiger partial charge in [0.15, 0.2) is 0 Å². The fraction of sp³-hybridized carbons (Fsp3) is 0.0690. The normalized spacial score (nSPS) is 14.1. The summed E-state index contributed by atoms with van der Waals surface area (Å²) in [6, 6.07) is 79.3. The van der Waals surface area contributed by atoms with Crippen molar-refractivity contribution in [2.45, 2.75) is 24.7 Å². The van der Waals surface area contributed by atoms with E-state index in [0.717, 1.165) is 17.1 Å². The average molecular weight is 784 g/mol. The van der Waals surface area contributed by atoms with Crippen LogP contribution in [0.25, 0.3) is 53.6 Å². The Morgan fingerprint density at radius 3 is 1.70 bits per heavy atom. The number of hydrogen-bond acceptors (Lipinski definition) is 2. The topological polar surface area (TPSA) is 3.24 Å². The minimum Gasteiger partial charge on any atom is -0.310 e. The minimum atomic E-state index is -0.453. The molecule has 2 heteroatoms. The van der Waals surface area contributed by atoms with E-state index < -0.39 is 5.41 Å². The maximum absolute atomic E-state index is 2.48. The number of fused-ring (bicyclic) bond motifs is 9. The van der Waals surface area contributed by atoms with Crippen LogP contribution < -0.4 is 4.90 Å². The zero-order chi connectivity index (χ0) is 40.0. The lowest BCUT2D eigenvalue weighted by molar-refractivity contribution is 0.660. The van der Waals surface area contributed by atoms with Crippen molar-refractivity contribution in [2.75, 3.05) is 4.90 Å².